The molecule has 1 unspecified atom stereocenters. The molecular formula is C20H17FN4O2S. The quantitative estimate of drug-likeness (QED) is 0.639. The van der Waals surface area contributed by atoms with Gasteiger partial charge in [-0.3, -0.25) is 4.90 Å². The number of hydrogen-bond donors (Lipinski definition) is 1. The molecule has 1 N–H and O–H groups in total. The summed E-state index contributed by atoms with van der Waals surface area (Å²) in [6.07, 6.45) is 1.63. The smallest absolute Gasteiger partial charge is 0.322 e. The molecule has 0 saturated heterocycles. The fraction of sp³-hybridized carbons (Fsp3) is 0.150. The molecule has 6 nitrogen and oxygen atoms in total. The molecule has 0 spiro atoms. The van der Waals surface area contributed by atoms with Crippen molar-refractivity contribution in [2.45, 2.75) is 13.0 Å². The van der Waals surface area contributed by atoms with Gasteiger partial charge < -0.3 is 9.84 Å². The molecule has 4 rings (SSSR count). The van der Waals surface area contributed by atoms with Crippen molar-refractivity contribution in [2.75, 3.05) is 6.54 Å². The first-order valence-corrected chi connectivity index (χ1v) is 9.49. The van der Waals surface area contributed by atoms with E-state index in [0.717, 1.165) is 4.88 Å². The van der Waals surface area contributed by atoms with Crippen molar-refractivity contribution in [3.63, 3.8) is 0 Å². The number of nitrogens with one attached hydrogen (secondary N) is 1. The molecule has 0 bridgehead atoms. The average Bonchev–Trinajstić information content (AvgIpc) is 3.36. The Bertz CT molecular complexity index is 1060. The van der Waals surface area contributed by atoms with E-state index in [-0.39, 0.29) is 17.7 Å². The van der Waals surface area contributed by atoms with Crippen LogP contribution in [0, 0.1) is 5.82 Å². The van der Waals surface area contributed by atoms with Gasteiger partial charge >= 0.3 is 6.03 Å². The molecular weight excluding hydrogens is 379 g/mol. The molecule has 142 valence electrons. The van der Waals surface area contributed by atoms with Gasteiger partial charge in [-0.25, -0.2) is 9.18 Å². The third kappa shape index (κ3) is 3.22. The molecule has 0 radical (unpaired) electrons. The lowest BCUT2D eigenvalue weighted by molar-refractivity contribution is 0.209. The molecule has 1 atom stereocenters. The molecule has 1 aromatic carbocycles. The van der Waals surface area contributed by atoms with Gasteiger partial charge in [-0.2, -0.15) is 4.98 Å². The second kappa shape index (κ2) is 7.40. The Morgan fingerprint density at radius 2 is 2.25 bits per heavy atom. The topological polar surface area (TPSA) is 71.3 Å². The average molecular weight is 396 g/mol. The van der Waals surface area contributed by atoms with Crippen molar-refractivity contribution in [3.05, 3.63) is 77.4 Å². The lowest BCUT2D eigenvalue weighted by atomic mass is 9.94. The van der Waals surface area contributed by atoms with Crippen molar-refractivity contribution >= 4 is 22.9 Å². The molecule has 8 heteroatoms. The van der Waals surface area contributed by atoms with Gasteiger partial charge in [0.15, 0.2) is 0 Å². The number of benzene rings is 1. The number of hydrogen-bond acceptors (Lipinski definition) is 5. The molecule has 2 aromatic heterocycles. The zero-order chi connectivity index (χ0) is 19.7. The predicted molar refractivity (Wildman–Crippen MR) is 105 cm³/mol. The van der Waals surface area contributed by atoms with Crippen molar-refractivity contribution < 1.29 is 13.7 Å². The van der Waals surface area contributed by atoms with E-state index in [0.29, 0.717) is 29.2 Å². The second-order valence-electron chi connectivity index (χ2n) is 6.24. The molecule has 0 fully saturated rings. The summed E-state index contributed by atoms with van der Waals surface area (Å²) in [6.45, 7) is 5.83. The maximum absolute atomic E-state index is 13.8. The summed E-state index contributed by atoms with van der Waals surface area (Å²) in [6, 6.07) is 8.99. The highest BCUT2D eigenvalue weighted by Gasteiger charge is 2.35. The van der Waals surface area contributed by atoms with Crippen LogP contribution in [0.15, 0.2) is 64.7 Å². The Balaban J connectivity index is 1.84. The van der Waals surface area contributed by atoms with Crippen molar-refractivity contribution in [2.24, 2.45) is 0 Å². The molecule has 2 amide bonds. The highest BCUT2D eigenvalue weighted by molar-refractivity contribution is 7.13. The Labute approximate surface area is 165 Å². The first kappa shape index (κ1) is 18.1. The normalized spacial score (nSPS) is 17.0. The van der Waals surface area contributed by atoms with Crippen LogP contribution in [0.4, 0.5) is 9.18 Å². The molecule has 3 heterocycles. The fourth-order valence-electron chi connectivity index (χ4n) is 3.18. The Morgan fingerprint density at radius 1 is 1.39 bits per heavy atom. The molecule has 3 aromatic rings. The highest BCUT2D eigenvalue weighted by atomic mass is 32.1. The largest absolute Gasteiger partial charge is 0.334 e. The van der Waals surface area contributed by atoms with Crippen LogP contribution in [0.1, 0.15) is 24.4 Å². The maximum Gasteiger partial charge on any atom is 0.322 e. The van der Waals surface area contributed by atoms with E-state index >= 15 is 0 Å². The fourth-order valence-corrected chi connectivity index (χ4v) is 3.83. The monoisotopic (exact) mass is 396 g/mol. The standard InChI is InChI=1S/C20H17FN4O2S/c1-3-9-25-12(2)16(19-23-18(24-27-19)15-8-5-10-28-15)17(22-20(25)26)13-6-4-7-14(21)11-13/h3-8,10-11,17H,1,9H2,2H3,(H,22,26). The van der Waals surface area contributed by atoms with E-state index in [2.05, 4.69) is 22.0 Å². The summed E-state index contributed by atoms with van der Waals surface area (Å²) in [5.41, 5.74) is 1.87. The number of amides is 2. The zero-order valence-corrected chi connectivity index (χ0v) is 15.9. The second-order valence-corrected chi connectivity index (χ2v) is 7.18. The summed E-state index contributed by atoms with van der Waals surface area (Å²) >= 11 is 1.50. The molecule has 1 aliphatic rings. The minimum Gasteiger partial charge on any atom is -0.334 e. The number of rotatable bonds is 5. The third-order valence-corrected chi connectivity index (χ3v) is 5.35. The Morgan fingerprint density at radius 3 is 2.96 bits per heavy atom. The minimum absolute atomic E-state index is 0.282. The first-order valence-electron chi connectivity index (χ1n) is 8.61. The van der Waals surface area contributed by atoms with Gasteiger partial charge in [0, 0.05) is 12.2 Å². The van der Waals surface area contributed by atoms with Crippen molar-refractivity contribution in [1.82, 2.24) is 20.4 Å². The number of carbonyl (C=O) groups is 1. The molecule has 28 heavy (non-hydrogen) atoms. The number of carbonyl (C=O) groups excluding carboxylic acids is 1. The lowest BCUT2D eigenvalue weighted by Crippen LogP contribution is -2.46. The predicted octanol–water partition coefficient (Wildman–Crippen LogP) is 4.62. The van der Waals surface area contributed by atoms with Crippen LogP contribution < -0.4 is 5.32 Å². The SMILES string of the molecule is C=CCN1C(=O)NC(c2cccc(F)c2)C(c2nc(-c3cccs3)no2)=C1C. The number of thiophene rings is 1. The van der Waals surface area contributed by atoms with Gasteiger partial charge in [-0.1, -0.05) is 29.4 Å². The Hall–Kier alpha value is -3.26. The summed E-state index contributed by atoms with van der Waals surface area (Å²) in [5.74, 6) is 0.363. The number of aromatic nitrogens is 2. The third-order valence-electron chi connectivity index (χ3n) is 4.49. The number of allylic oxidation sites excluding steroid dienone is 1. The van der Waals surface area contributed by atoms with Gasteiger partial charge in [0.05, 0.1) is 16.5 Å². The summed E-state index contributed by atoms with van der Waals surface area (Å²) in [5, 5.41) is 8.90. The van der Waals surface area contributed by atoms with E-state index in [4.69, 9.17) is 4.52 Å². The first-order chi connectivity index (χ1) is 13.6. The number of nitrogens with zero attached hydrogens (tertiary/aromatic N) is 3. The highest BCUT2D eigenvalue weighted by Crippen LogP contribution is 2.37. The van der Waals surface area contributed by atoms with Crippen LogP contribution in [0.25, 0.3) is 16.3 Å². The van der Waals surface area contributed by atoms with E-state index in [1.165, 1.54) is 28.4 Å². The number of halogens is 1. The van der Waals surface area contributed by atoms with Crippen LogP contribution in [-0.4, -0.2) is 27.6 Å². The van der Waals surface area contributed by atoms with E-state index in [1.807, 2.05) is 17.5 Å². The molecule has 1 aliphatic heterocycles. The van der Waals surface area contributed by atoms with Gasteiger partial charge in [0.2, 0.25) is 5.82 Å². The Kier molecular flexibility index (Phi) is 4.79. The van der Waals surface area contributed by atoms with Crippen LogP contribution in [0.2, 0.25) is 0 Å². The van der Waals surface area contributed by atoms with Gasteiger partial charge in [0.1, 0.15) is 5.82 Å². The summed E-state index contributed by atoms with van der Waals surface area (Å²) in [7, 11) is 0. The van der Waals surface area contributed by atoms with Crippen molar-refractivity contribution in [3.8, 4) is 10.7 Å². The summed E-state index contributed by atoms with van der Waals surface area (Å²) < 4.78 is 19.4. The maximum atomic E-state index is 13.8. The molecule has 0 aliphatic carbocycles. The van der Waals surface area contributed by atoms with Gasteiger partial charge in [-0.05, 0) is 36.1 Å². The van der Waals surface area contributed by atoms with Crippen LogP contribution in [0.3, 0.4) is 0 Å². The summed E-state index contributed by atoms with van der Waals surface area (Å²) in [4.78, 5) is 19.5. The van der Waals surface area contributed by atoms with E-state index in [1.54, 1.807) is 25.1 Å². The van der Waals surface area contributed by atoms with Crippen LogP contribution >= 0.6 is 11.3 Å². The van der Waals surface area contributed by atoms with Crippen molar-refractivity contribution in [1.29, 1.82) is 0 Å². The van der Waals surface area contributed by atoms with Gasteiger partial charge in [0.25, 0.3) is 5.89 Å². The zero-order valence-electron chi connectivity index (χ0n) is 15.1. The lowest BCUT2D eigenvalue weighted by Gasteiger charge is -2.34. The van der Waals surface area contributed by atoms with Gasteiger partial charge in [-0.15, -0.1) is 17.9 Å². The molecule has 0 saturated carbocycles. The van der Waals surface area contributed by atoms with E-state index < -0.39 is 6.04 Å². The van der Waals surface area contributed by atoms with Crippen LogP contribution in [0.5, 0.6) is 0 Å². The minimum atomic E-state index is -0.610. The van der Waals surface area contributed by atoms with E-state index in [9.17, 15) is 9.18 Å². The van der Waals surface area contributed by atoms with Crippen LogP contribution in [-0.2, 0) is 0 Å². The number of urea groups is 1.